The summed E-state index contributed by atoms with van der Waals surface area (Å²) in [5.41, 5.74) is 5.00. The van der Waals surface area contributed by atoms with E-state index in [0.717, 1.165) is 40.9 Å². The summed E-state index contributed by atoms with van der Waals surface area (Å²) in [6, 6.07) is 13.7. The first-order chi connectivity index (χ1) is 16.7. The molecule has 1 aromatic carbocycles. The summed E-state index contributed by atoms with van der Waals surface area (Å²) < 4.78 is 13.2. The predicted molar refractivity (Wildman–Crippen MR) is 126 cm³/mol. The third kappa shape index (κ3) is 4.95. The zero-order valence-corrected chi connectivity index (χ0v) is 18.9. The molecule has 1 fully saturated rings. The molecule has 8 heteroatoms. The van der Waals surface area contributed by atoms with E-state index in [1.807, 2.05) is 49.6 Å². The molecule has 4 aromatic rings. The topological polar surface area (TPSA) is 98.7 Å². The highest BCUT2D eigenvalue weighted by Crippen LogP contribution is 2.28. The van der Waals surface area contributed by atoms with E-state index in [-0.39, 0.29) is 6.10 Å². The number of rotatable bonds is 6. The Hall–Kier alpha value is -4.09. The molecule has 1 aliphatic rings. The summed E-state index contributed by atoms with van der Waals surface area (Å²) in [6.07, 6.45) is 9.58. The predicted octanol–water partition coefficient (Wildman–Crippen LogP) is 3.96. The van der Waals surface area contributed by atoms with Gasteiger partial charge in [-0.2, -0.15) is 10.4 Å². The fourth-order valence-electron chi connectivity index (χ4n) is 3.98. The van der Waals surface area contributed by atoms with Crippen molar-refractivity contribution in [3.05, 3.63) is 78.1 Å². The van der Waals surface area contributed by atoms with Gasteiger partial charge in [-0.3, -0.25) is 9.67 Å². The lowest BCUT2D eigenvalue weighted by molar-refractivity contribution is 0.0254. The van der Waals surface area contributed by atoms with Crippen LogP contribution in [0.2, 0.25) is 0 Å². The number of ether oxygens (including phenoxy) is 2. The third-order valence-corrected chi connectivity index (χ3v) is 5.75. The molecule has 1 aliphatic heterocycles. The Morgan fingerprint density at radius 2 is 1.91 bits per heavy atom. The molecular formula is C26H24N6O2. The molecule has 0 bridgehead atoms. The lowest BCUT2D eigenvalue weighted by Crippen LogP contribution is -2.26. The molecule has 0 radical (unpaired) electrons. The molecule has 170 valence electrons. The molecule has 8 nitrogen and oxygen atoms in total. The molecule has 0 amide bonds. The number of benzene rings is 1. The van der Waals surface area contributed by atoms with Crippen LogP contribution in [0.1, 0.15) is 29.8 Å². The molecule has 34 heavy (non-hydrogen) atoms. The van der Waals surface area contributed by atoms with Gasteiger partial charge in [-0.05, 0) is 42.0 Å². The van der Waals surface area contributed by atoms with Gasteiger partial charge in [0.05, 0.1) is 36.4 Å². The van der Waals surface area contributed by atoms with Gasteiger partial charge in [0.2, 0.25) is 0 Å². The maximum absolute atomic E-state index is 9.69. The van der Waals surface area contributed by atoms with E-state index in [1.54, 1.807) is 23.3 Å². The fraction of sp³-hybridized carbons (Fsp3) is 0.269. The zero-order valence-electron chi connectivity index (χ0n) is 18.9. The van der Waals surface area contributed by atoms with E-state index >= 15 is 0 Å². The van der Waals surface area contributed by atoms with Crippen LogP contribution in [0.3, 0.4) is 0 Å². The number of hydrogen-bond donors (Lipinski definition) is 0. The minimum atomic E-state index is 0.0780. The summed E-state index contributed by atoms with van der Waals surface area (Å²) in [7, 11) is 1.88. The molecule has 3 aromatic heterocycles. The van der Waals surface area contributed by atoms with Crippen molar-refractivity contribution < 1.29 is 9.47 Å². The van der Waals surface area contributed by atoms with E-state index in [0.29, 0.717) is 36.8 Å². The Balaban J connectivity index is 1.35. The first kappa shape index (κ1) is 21.7. The standard InChI is InChI=1S/C26H24N6O2/c1-32-17-21(16-30-32)24-12-18(4-8-28-24)13-26-29-9-5-23(31-26)19-2-3-25(20(14-19)15-27)34-22-6-10-33-11-7-22/h2-5,8-9,12,14,16-17,22H,6-7,10-11,13H2,1H3. The van der Waals surface area contributed by atoms with E-state index in [4.69, 9.17) is 14.5 Å². The van der Waals surface area contributed by atoms with Crippen molar-refractivity contribution in [2.45, 2.75) is 25.4 Å². The van der Waals surface area contributed by atoms with E-state index in [1.165, 1.54) is 0 Å². The summed E-state index contributed by atoms with van der Waals surface area (Å²) in [5, 5.41) is 13.9. The van der Waals surface area contributed by atoms with Gasteiger partial charge in [-0.1, -0.05) is 0 Å². The minimum Gasteiger partial charge on any atom is -0.489 e. The Morgan fingerprint density at radius 1 is 1.06 bits per heavy atom. The molecule has 0 unspecified atom stereocenters. The van der Waals surface area contributed by atoms with Crippen molar-refractivity contribution >= 4 is 0 Å². The van der Waals surface area contributed by atoms with Crippen LogP contribution in [0.5, 0.6) is 5.75 Å². The molecule has 5 rings (SSSR count). The molecule has 4 heterocycles. The number of pyridine rings is 1. The summed E-state index contributed by atoms with van der Waals surface area (Å²) in [5.74, 6) is 1.30. The van der Waals surface area contributed by atoms with Crippen LogP contribution in [-0.4, -0.2) is 44.1 Å². The number of nitriles is 1. The molecule has 1 saturated heterocycles. The minimum absolute atomic E-state index is 0.0780. The van der Waals surface area contributed by atoms with Crippen molar-refractivity contribution in [2.75, 3.05) is 13.2 Å². The molecule has 0 aliphatic carbocycles. The zero-order chi connectivity index (χ0) is 23.3. The van der Waals surface area contributed by atoms with Crippen molar-refractivity contribution in [1.82, 2.24) is 24.7 Å². The molecule has 0 atom stereocenters. The number of aromatic nitrogens is 5. The van der Waals surface area contributed by atoms with Gasteiger partial charge in [0.15, 0.2) is 0 Å². The van der Waals surface area contributed by atoms with Gasteiger partial charge in [0.25, 0.3) is 0 Å². The van der Waals surface area contributed by atoms with Crippen LogP contribution in [0.25, 0.3) is 22.5 Å². The normalized spacial score (nSPS) is 14.0. The van der Waals surface area contributed by atoms with Crippen LogP contribution in [-0.2, 0) is 18.2 Å². The van der Waals surface area contributed by atoms with Gasteiger partial charge in [0.1, 0.15) is 23.7 Å². The van der Waals surface area contributed by atoms with Crippen LogP contribution < -0.4 is 4.74 Å². The fourth-order valence-corrected chi connectivity index (χ4v) is 3.98. The van der Waals surface area contributed by atoms with Crippen LogP contribution >= 0.6 is 0 Å². The summed E-state index contributed by atoms with van der Waals surface area (Å²) in [4.78, 5) is 13.7. The average molecular weight is 453 g/mol. The first-order valence-corrected chi connectivity index (χ1v) is 11.2. The number of aryl methyl sites for hydroxylation is 1. The monoisotopic (exact) mass is 452 g/mol. The van der Waals surface area contributed by atoms with Gasteiger partial charge in [-0.25, -0.2) is 9.97 Å². The summed E-state index contributed by atoms with van der Waals surface area (Å²) in [6.45, 7) is 1.38. The molecule has 0 N–H and O–H groups in total. The van der Waals surface area contributed by atoms with Gasteiger partial charge in [-0.15, -0.1) is 0 Å². The SMILES string of the molecule is Cn1cc(-c2cc(Cc3nccc(-c4ccc(OC5CCOCC5)c(C#N)c4)n3)ccn2)cn1. The highest BCUT2D eigenvalue weighted by molar-refractivity contribution is 5.64. The van der Waals surface area contributed by atoms with Gasteiger partial charge in [0, 0.05) is 56.0 Å². The number of nitrogens with zero attached hydrogens (tertiary/aromatic N) is 6. The Morgan fingerprint density at radius 3 is 2.71 bits per heavy atom. The average Bonchev–Trinajstić information content (AvgIpc) is 3.31. The van der Waals surface area contributed by atoms with Crippen LogP contribution in [0.15, 0.2) is 61.2 Å². The highest BCUT2D eigenvalue weighted by Gasteiger charge is 2.17. The first-order valence-electron chi connectivity index (χ1n) is 11.2. The quantitative estimate of drug-likeness (QED) is 0.437. The van der Waals surface area contributed by atoms with Crippen molar-refractivity contribution in [3.63, 3.8) is 0 Å². The Labute approximate surface area is 197 Å². The third-order valence-electron chi connectivity index (χ3n) is 5.75. The highest BCUT2D eigenvalue weighted by atomic mass is 16.5. The lowest BCUT2D eigenvalue weighted by Gasteiger charge is -2.23. The van der Waals surface area contributed by atoms with Crippen molar-refractivity contribution in [2.24, 2.45) is 7.05 Å². The number of hydrogen-bond acceptors (Lipinski definition) is 7. The van der Waals surface area contributed by atoms with Crippen molar-refractivity contribution in [1.29, 1.82) is 5.26 Å². The smallest absolute Gasteiger partial charge is 0.137 e. The van der Waals surface area contributed by atoms with Crippen LogP contribution in [0.4, 0.5) is 0 Å². The Bertz CT molecular complexity index is 1340. The van der Waals surface area contributed by atoms with E-state index in [2.05, 4.69) is 21.1 Å². The largest absolute Gasteiger partial charge is 0.489 e. The second kappa shape index (κ2) is 9.81. The lowest BCUT2D eigenvalue weighted by atomic mass is 10.1. The maximum atomic E-state index is 9.69. The Kier molecular flexibility index (Phi) is 6.27. The second-order valence-corrected chi connectivity index (χ2v) is 8.24. The van der Waals surface area contributed by atoms with E-state index in [9.17, 15) is 5.26 Å². The molecular weight excluding hydrogens is 428 g/mol. The summed E-state index contributed by atoms with van der Waals surface area (Å²) >= 11 is 0. The second-order valence-electron chi connectivity index (χ2n) is 8.24. The van der Waals surface area contributed by atoms with Gasteiger partial charge < -0.3 is 9.47 Å². The van der Waals surface area contributed by atoms with Crippen molar-refractivity contribution in [3.8, 4) is 34.3 Å². The van der Waals surface area contributed by atoms with Gasteiger partial charge >= 0.3 is 0 Å². The van der Waals surface area contributed by atoms with E-state index < -0.39 is 0 Å². The van der Waals surface area contributed by atoms with Crippen LogP contribution in [0, 0.1) is 11.3 Å². The molecule has 0 saturated carbocycles. The maximum Gasteiger partial charge on any atom is 0.137 e. The molecule has 0 spiro atoms.